The van der Waals surface area contributed by atoms with Crippen LogP contribution in [0.25, 0.3) is 0 Å². The Morgan fingerprint density at radius 3 is 2.73 bits per heavy atom. The van der Waals surface area contributed by atoms with Gasteiger partial charge in [0.25, 0.3) is 0 Å². The molecule has 1 aromatic heterocycles. The number of carbonyl (C=O) groups excluding carboxylic acids is 2. The highest BCUT2D eigenvalue weighted by Crippen LogP contribution is 2.32. The highest BCUT2D eigenvalue weighted by molar-refractivity contribution is 7.80. The summed E-state index contributed by atoms with van der Waals surface area (Å²) in [5, 5.41) is 8.09. The van der Waals surface area contributed by atoms with Crippen LogP contribution in [0.2, 0.25) is 0 Å². The second-order valence-electron chi connectivity index (χ2n) is 5.07. The topological polar surface area (TPSA) is 67.4 Å². The summed E-state index contributed by atoms with van der Waals surface area (Å²) in [5.41, 5.74) is 0.521. The molecule has 1 aliphatic heterocycles. The van der Waals surface area contributed by atoms with Crippen LogP contribution < -0.4 is 10.6 Å². The molecule has 2 heterocycles. The predicted octanol–water partition coefficient (Wildman–Crippen LogP) is 2.31. The maximum absolute atomic E-state index is 12.6. The molecule has 118 valence electrons. The molecule has 0 aromatic carbocycles. The highest BCUT2D eigenvalue weighted by Gasteiger charge is 2.36. The highest BCUT2D eigenvalue weighted by atomic mass is 32.1. The third kappa shape index (κ3) is 3.36. The molecule has 0 saturated carbocycles. The Balaban J connectivity index is 2.56. The zero-order valence-corrected chi connectivity index (χ0v) is 14.3. The maximum Gasteiger partial charge on any atom is 0.355 e. The summed E-state index contributed by atoms with van der Waals surface area (Å²) in [6.07, 6.45) is 0. The number of ketones is 1. The third-order valence-electron chi connectivity index (χ3n) is 3.17. The van der Waals surface area contributed by atoms with Gasteiger partial charge < -0.3 is 15.4 Å². The van der Waals surface area contributed by atoms with Crippen molar-refractivity contribution >= 4 is 40.4 Å². The molecule has 1 unspecified atom stereocenters. The Bertz CT molecular complexity index is 621. The summed E-state index contributed by atoms with van der Waals surface area (Å²) >= 11 is 6.67. The van der Waals surface area contributed by atoms with E-state index >= 15 is 0 Å². The van der Waals surface area contributed by atoms with Crippen LogP contribution in [0.3, 0.4) is 0 Å². The van der Waals surface area contributed by atoms with Gasteiger partial charge in [0.1, 0.15) is 5.70 Å². The average molecular weight is 338 g/mol. The Morgan fingerprint density at radius 2 is 2.18 bits per heavy atom. The smallest absolute Gasteiger partial charge is 0.355 e. The molecule has 0 amide bonds. The molecule has 7 heteroatoms. The largest absolute Gasteiger partial charge is 0.461 e. The first-order valence-electron chi connectivity index (χ1n) is 7.02. The SMILES string of the molecule is CCOC(=O)C1=C(C(=O)C(C)C)C(c2cccs2)NC(=S)N1. The summed E-state index contributed by atoms with van der Waals surface area (Å²) < 4.78 is 5.06. The Kier molecular flexibility index (Phi) is 5.31. The van der Waals surface area contributed by atoms with Crippen molar-refractivity contribution in [3.63, 3.8) is 0 Å². The maximum atomic E-state index is 12.6. The van der Waals surface area contributed by atoms with Gasteiger partial charge in [-0.1, -0.05) is 19.9 Å². The van der Waals surface area contributed by atoms with Crippen LogP contribution in [0.4, 0.5) is 0 Å². The number of ether oxygens (including phenoxy) is 1. The molecule has 2 N–H and O–H groups in total. The molecule has 0 radical (unpaired) electrons. The summed E-state index contributed by atoms with van der Waals surface area (Å²) in [4.78, 5) is 25.8. The van der Waals surface area contributed by atoms with Crippen molar-refractivity contribution in [3.8, 4) is 0 Å². The minimum Gasteiger partial charge on any atom is -0.461 e. The predicted molar refractivity (Wildman–Crippen MR) is 89.4 cm³/mol. The molecule has 0 spiro atoms. The van der Waals surface area contributed by atoms with Crippen molar-refractivity contribution in [2.24, 2.45) is 5.92 Å². The van der Waals surface area contributed by atoms with Gasteiger partial charge in [0.05, 0.1) is 18.2 Å². The van der Waals surface area contributed by atoms with Crippen molar-refractivity contribution < 1.29 is 14.3 Å². The average Bonchev–Trinajstić information content (AvgIpc) is 2.99. The van der Waals surface area contributed by atoms with Crippen LogP contribution in [0.5, 0.6) is 0 Å². The zero-order chi connectivity index (χ0) is 16.3. The van der Waals surface area contributed by atoms with Gasteiger partial charge in [0, 0.05) is 10.8 Å². The fraction of sp³-hybridized carbons (Fsp3) is 0.400. The van der Waals surface area contributed by atoms with Crippen LogP contribution in [-0.4, -0.2) is 23.5 Å². The first-order chi connectivity index (χ1) is 10.5. The van der Waals surface area contributed by atoms with E-state index in [1.54, 1.807) is 20.8 Å². The number of thiophene rings is 1. The van der Waals surface area contributed by atoms with Crippen molar-refractivity contribution in [2.45, 2.75) is 26.8 Å². The second-order valence-corrected chi connectivity index (χ2v) is 6.46. The van der Waals surface area contributed by atoms with Crippen LogP contribution >= 0.6 is 23.6 Å². The number of hydrogen-bond donors (Lipinski definition) is 2. The van der Waals surface area contributed by atoms with E-state index in [0.717, 1.165) is 4.88 Å². The molecule has 0 fully saturated rings. The second kappa shape index (κ2) is 7.02. The third-order valence-corrected chi connectivity index (χ3v) is 4.33. The van der Waals surface area contributed by atoms with Gasteiger partial charge in [0.15, 0.2) is 10.9 Å². The van der Waals surface area contributed by atoms with E-state index in [-0.39, 0.29) is 24.0 Å². The fourth-order valence-corrected chi connectivity index (χ4v) is 3.18. The molecular formula is C15H18N2O3S2. The standard InChI is InChI=1S/C15H18N2O3S2/c1-4-20-14(19)12-10(13(18)8(2)3)11(16-15(21)17-12)9-6-5-7-22-9/h5-8,11H,4H2,1-3H3,(H2,16,17,21). The summed E-state index contributed by atoms with van der Waals surface area (Å²) in [6.45, 7) is 5.56. The number of nitrogens with one attached hydrogen (secondary N) is 2. The first-order valence-corrected chi connectivity index (χ1v) is 8.30. The number of thiocarbonyl (C=S) groups is 1. The molecule has 0 saturated heterocycles. The van der Waals surface area contributed by atoms with Gasteiger partial charge in [0.2, 0.25) is 0 Å². The van der Waals surface area contributed by atoms with Gasteiger partial charge in [-0.25, -0.2) is 4.79 Å². The molecule has 1 atom stereocenters. The summed E-state index contributed by atoms with van der Waals surface area (Å²) in [6, 6.07) is 3.38. The lowest BCUT2D eigenvalue weighted by Crippen LogP contribution is -2.48. The molecule has 1 aromatic rings. The Morgan fingerprint density at radius 1 is 1.45 bits per heavy atom. The van der Waals surface area contributed by atoms with E-state index in [9.17, 15) is 9.59 Å². The van der Waals surface area contributed by atoms with Crippen LogP contribution in [0.1, 0.15) is 31.7 Å². The van der Waals surface area contributed by atoms with Crippen LogP contribution in [0, 0.1) is 5.92 Å². The molecule has 0 bridgehead atoms. The monoisotopic (exact) mass is 338 g/mol. The van der Waals surface area contributed by atoms with E-state index in [2.05, 4.69) is 10.6 Å². The van der Waals surface area contributed by atoms with E-state index < -0.39 is 12.0 Å². The number of hydrogen-bond acceptors (Lipinski definition) is 5. The number of carbonyl (C=O) groups is 2. The van der Waals surface area contributed by atoms with Crippen LogP contribution in [0.15, 0.2) is 28.8 Å². The lowest BCUT2D eigenvalue weighted by atomic mass is 9.91. The van der Waals surface area contributed by atoms with Crippen molar-refractivity contribution in [2.75, 3.05) is 6.61 Å². The number of Topliss-reactive ketones (excluding diaryl/α,β-unsaturated/α-hetero) is 1. The van der Waals surface area contributed by atoms with Crippen molar-refractivity contribution in [1.29, 1.82) is 0 Å². The fourth-order valence-electron chi connectivity index (χ4n) is 2.17. The van der Waals surface area contributed by atoms with Gasteiger partial charge in [-0.2, -0.15) is 0 Å². The summed E-state index contributed by atoms with van der Waals surface area (Å²) in [7, 11) is 0. The van der Waals surface area contributed by atoms with Gasteiger partial charge in [-0.15, -0.1) is 11.3 Å². The normalized spacial score (nSPS) is 18.0. The summed E-state index contributed by atoms with van der Waals surface area (Å²) in [5.74, 6) is -0.905. The van der Waals surface area contributed by atoms with E-state index in [1.807, 2.05) is 17.5 Å². The lowest BCUT2D eigenvalue weighted by Gasteiger charge is -2.30. The van der Waals surface area contributed by atoms with E-state index in [0.29, 0.717) is 10.7 Å². The lowest BCUT2D eigenvalue weighted by molar-refractivity contribution is -0.139. The number of esters is 1. The number of rotatable bonds is 5. The molecule has 22 heavy (non-hydrogen) atoms. The quantitative estimate of drug-likeness (QED) is 0.634. The van der Waals surface area contributed by atoms with E-state index in [4.69, 9.17) is 17.0 Å². The minimum atomic E-state index is -0.558. The van der Waals surface area contributed by atoms with Crippen molar-refractivity contribution in [1.82, 2.24) is 10.6 Å². The molecule has 2 rings (SSSR count). The van der Waals surface area contributed by atoms with Gasteiger partial charge in [-0.05, 0) is 30.6 Å². The van der Waals surface area contributed by atoms with Gasteiger partial charge >= 0.3 is 5.97 Å². The van der Waals surface area contributed by atoms with E-state index in [1.165, 1.54) is 11.3 Å². The zero-order valence-electron chi connectivity index (χ0n) is 12.6. The Labute approximate surface area is 138 Å². The minimum absolute atomic E-state index is 0.107. The first kappa shape index (κ1) is 16.6. The molecule has 0 aliphatic carbocycles. The molecule has 1 aliphatic rings. The van der Waals surface area contributed by atoms with Gasteiger partial charge in [-0.3, -0.25) is 4.79 Å². The van der Waals surface area contributed by atoms with Crippen molar-refractivity contribution in [3.05, 3.63) is 33.7 Å². The Hall–Kier alpha value is -1.73. The van der Waals surface area contributed by atoms with Crippen LogP contribution in [-0.2, 0) is 14.3 Å². The molecular weight excluding hydrogens is 320 g/mol. The molecule has 5 nitrogen and oxygen atoms in total.